The minimum absolute atomic E-state index is 0.121. The highest BCUT2D eigenvalue weighted by Gasteiger charge is 2.32. The zero-order valence-corrected chi connectivity index (χ0v) is 13.3. The van der Waals surface area contributed by atoms with E-state index < -0.39 is 5.41 Å². The van der Waals surface area contributed by atoms with Gasteiger partial charge in [0.2, 0.25) is 5.91 Å². The molecule has 2 rings (SSSR count). The molecular formula is C18H28N2O. The van der Waals surface area contributed by atoms with E-state index in [-0.39, 0.29) is 5.91 Å². The smallest absolute Gasteiger partial charge is 0.227 e. The molecule has 1 aliphatic carbocycles. The Hall–Kier alpha value is -1.35. The molecule has 1 fully saturated rings. The van der Waals surface area contributed by atoms with Gasteiger partial charge in [0, 0.05) is 12.6 Å². The summed E-state index contributed by atoms with van der Waals surface area (Å²) in [7, 11) is 0. The van der Waals surface area contributed by atoms with Gasteiger partial charge in [-0.2, -0.15) is 0 Å². The molecule has 0 radical (unpaired) electrons. The van der Waals surface area contributed by atoms with Gasteiger partial charge in [-0.3, -0.25) is 4.79 Å². The predicted octanol–water partition coefficient (Wildman–Crippen LogP) is 3.20. The number of rotatable bonds is 5. The van der Waals surface area contributed by atoms with Crippen LogP contribution in [0.5, 0.6) is 0 Å². The highest BCUT2D eigenvalue weighted by molar-refractivity contribution is 5.82. The van der Waals surface area contributed by atoms with E-state index in [4.69, 9.17) is 5.73 Å². The summed E-state index contributed by atoms with van der Waals surface area (Å²) >= 11 is 0. The van der Waals surface area contributed by atoms with Crippen LogP contribution in [0.3, 0.4) is 0 Å². The number of hydrogen-bond acceptors (Lipinski definition) is 2. The van der Waals surface area contributed by atoms with Gasteiger partial charge in [-0.25, -0.2) is 0 Å². The Morgan fingerprint density at radius 1 is 1.24 bits per heavy atom. The van der Waals surface area contributed by atoms with Crippen molar-refractivity contribution in [3.8, 4) is 0 Å². The molecule has 1 amide bonds. The second-order valence-corrected chi connectivity index (χ2v) is 6.55. The highest BCUT2D eigenvalue weighted by atomic mass is 16.2. The van der Waals surface area contributed by atoms with Crippen molar-refractivity contribution in [1.29, 1.82) is 0 Å². The van der Waals surface area contributed by atoms with E-state index in [0.717, 1.165) is 32.1 Å². The lowest BCUT2D eigenvalue weighted by atomic mass is 9.80. The molecule has 0 aliphatic heterocycles. The lowest BCUT2D eigenvalue weighted by Gasteiger charge is -2.33. The largest absolute Gasteiger partial charge is 0.353 e. The Morgan fingerprint density at radius 3 is 2.38 bits per heavy atom. The molecule has 1 aromatic rings. The third kappa shape index (κ3) is 3.85. The lowest BCUT2D eigenvalue weighted by molar-refractivity contribution is -0.130. The molecule has 116 valence electrons. The standard InChI is InChI=1S/C18H28N2O/c1-3-18(2,13-19)17(21)20-16-11-9-15(10-12-16)14-7-5-4-6-8-14/h4-8,15-16H,3,9-13,19H2,1-2H3,(H,20,21). The zero-order chi connectivity index (χ0) is 15.3. The molecule has 21 heavy (non-hydrogen) atoms. The van der Waals surface area contributed by atoms with E-state index in [1.807, 2.05) is 13.8 Å². The summed E-state index contributed by atoms with van der Waals surface area (Å²) < 4.78 is 0. The molecule has 1 atom stereocenters. The van der Waals surface area contributed by atoms with Gasteiger partial charge in [0.05, 0.1) is 5.41 Å². The maximum atomic E-state index is 12.4. The van der Waals surface area contributed by atoms with Crippen molar-refractivity contribution in [3.05, 3.63) is 35.9 Å². The average Bonchev–Trinajstić information content (AvgIpc) is 2.55. The van der Waals surface area contributed by atoms with Gasteiger partial charge in [0.15, 0.2) is 0 Å². The fourth-order valence-corrected chi connectivity index (χ4v) is 3.05. The quantitative estimate of drug-likeness (QED) is 0.874. The minimum Gasteiger partial charge on any atom is -0.353 e. The van der Waals surface area contributed by atoms with Crippen LogP contribution in [0.4, 0.5) is 0 Å². The summed E-state index contributed by atoms with van der Waals surface area (Å²) in [6.45, 7) is 4.39. The normalized spacial score (nSPS) is 25.1. The van der Waals surface area contributed by atoms with E-state index in [2.05, 4.69) is 35.6 Å². The number of benzene rings is 1. The topological polar surface area (TPSA) is 55.1 Å². The van der Waals surface area contributed by atoms with Crippen molar-refractivity contribution in [2.45, 2.75) is 57.9 Å². The molecule has 3 N–H and O–H groups in total. The van der Waals surface area contributed by atoms with Crippen molar-refractivity contribution in [2.75, 3.05) is 6.54 Å². The second kappa shape index (κ2) is 7.08. The summed E-state index contributed by atoms with van der Waals surface area (Å²) in [6, 6.07) is 11.0. The van der Waals surface area contributed by atoms with Crippen LogP contribution in [0.2, 0.25) is 0 Å². The molecule has 0 spiro atoms. The van der Waals surface area contributed by atoms with Gasteiger partial charge in [0.25, 0.3) is 0 Å². The Kier molecular flexibility index (Phi) is 5.40. The van der Waals surface area contributed by atoms with Crippen LogP contribution in [-0.2, 0) is 4.79 Å². The first-order valence-corrected chi connectivity index (χ1v) is 8.15. The minimum atomic E-state index is -0.420. The van der Waals surface area contributed by atoms with Crippen molar-refractivity contribution < 1.29 is 4.79 Å². The molecule has 1 aliphatic rings. The van der Waals surface area contributed by atoms with E-state index in [1.54, 1.807) is 0 Å². The maximum Gasteiger partial charge on any atom is 0.227 e. The van der Waals surface area contributed by atoms with Gasteiger partial charge in [0.1, 0.15) is 0 Å². The maximum absolute atomic E-state index is 12.4. The van der Waals surface area contributed by atoms with Gasteiger partial charge < -0.3 is 11.1 Å². The van der Waals surface area contributed by atoms with Crippen molar-refractivity contribution >= 4 is 5.91 Å². The predicted molar refractivity (Wildman–Crippen MR) is 87.0 cm³/mol. The Balaban J connectivity index is 1.86. The van der Waals surface area contributed by atoms with Crippen molar-refractivity contribution in [3.63, 3.8) is 0 Å². The Morgan fingerprint density at radius 2 is 1.86 bits per heavy atom. The molecule has 0 aromatic heterocycles. The summed E-state index contributed by atoms with van der Waals surface area (Å²) in [5.74, 6) is 0.766. The summed E-state index contributed by atoms with van der Waals surface area (Å²) in [6.07, 6.45) is 5.22. The lowest BCUT2D eigenvalue weighted by Crippen LogP contribution is -2.48. The third-order valence-corrected chi connectivity index (χ3v) is 5.11. The van der Waals surface area contributed by atoms with Crippen molar-refractivity contribution in [1.82, 2.24) is 5.32 Å². The third-order valence-electron chi connectivity index (χ3n) is 5.11. The van der Waals surface area contributed by atoms with E-state index in [9.17, 15) is 4.79 Å². The monoisotopic (exact) mass is 288 g/mol. The van der Waals surface area contributed by atoms with Crippen LogP contribution in [0.25, 0.3) is 0 Å². The fourth-order valence-electron chi connectivity index (χ4n) is 3.05. The van der Waals surface area contributed by atoms with Crippen molar-refractivity contribution in [2.24, 2.45) is 11.1 Å². The summed E-state index contributed by atoms with van der Waals surface area (Å²) in [5, 5.41) is 3.21. The number of carbonyl (C=O) groups excluding carboxylic acids is 1. The molecule has 0 heterocycles. The highest BCUT2D eigenvalue weighted by Crippen LogP contribution is 2.33. The van der Waals surface area contributed by atoms with Gasteiger partial charge in [-0.05, 0) is 50.5 Å². The van der Waals surface area contributed by atoms with Crippen LogP contribution in [0, 0.1) is 5.41 Å². The Bertz CT molecular complexity index is 446. The van der Waals surface area contributed by atoms with Gasteiger partial charge in [-0.15, -0.1) is 0 Å². The molecule has 1 saturated carbocycles. The molecule has 1 unspecified atom stereocenters. The fraction of sp³-hybridized carbons (Fsp3) is 0.611. The first-order chi connectivity index (χ1) is 10.1. The van der Waals surface area contributed by atoms with Crippen LogP contribution < -0.4 is 11.1 Å². The van der Waals surface area contributed by atoms with Crippen LogP contribution in [-0.4, -0.2) is 18.5 Å². The molecule has 1 aromatic carbocycles. The van der Waals surface area contributed by atoms with Gasteiger partial charge in [-0.1, -0.05) is 37.3 Å². The summed E-state index contributed by atoms with van der Waals surface area (Å²) in [4.78, 5) is 12.4. The molecular weight excluding hydrogens is 260 g/mol. The molecule has 3 heteroatoms. The molecule has 0 saturated heterocycles. The van der Waals surface area contributed by atoms with Gasteiger partial charge >= 0.3 is 0 Å². The zero-order valence-electron chi connectivity index (χ0n) is 13.3. The first kappa shape index (κ1) is 16.0. The van der Waals surface area contributed by atoms with E-state index >= 15 is 0 Å². The number of carbonyl (C=O) groups is 1. The number of amides is 1. The SMILES string of the molecule is CCC(C)(CN)C(=O)NC1CCC(c2ccccc2)CC1. The molecule has 3 nitrogen and oxygen atoms in total. The molecule has 0 bridgehead atoms. The Labute approximate surface area is 128 Å². The van der Waals surface area contributed by atoms with E-state index in [0.29, 0.717) is 18.5 Å². The second-order valence-electron chi connectivity index (χ2n) is 6.55. The summed E-state index contributed by atoms with van der Waals surface area (Å²) in [5.41, 5.74) is 6.77. The number of nitrogens with two attached hydrogens (primary N) is 1. The van der Waals surface area contributed by atoms with Crippen LogP contribution in [0.15, 0.2) is 30.3 Å². The van der Waals surface area contributed by atoms with Crippen LogP contribution in [0.1, 0.15) is 57.4 Å². The number of nitrogens with one attached hydrogen (secondary N) is 1. The first-order valence-electron chi connectivity index (χ1n) is 8.15. The average molecular weight is 288 g/mol. The van der Waals surface area contributed by atoms with E-state index in [1.165, 1.54) is 5.56 Å². The van der Waals surface area contributed by atoms with Crippen LogP contribution >= 0.6 is 0 Å². The number of hydrogen-bond donors (Lipinski definition) is 2.